The Balaban J connectivity index is 1.86. The Morgan fingerprint density at radius 2 is 1.18 bits per heavy atom. The number of anilines is 4. The van der Waals surface area contributed by atoms with Crippen LogP contribution in [0.5, 0.6) is 0 Å². The lowest BCUT2D eigenvalue weighted by Gasteiger charge is -2.29. The van der Waals surface area contributed by atoms with Crippen LogP contribution >= 0.6 is 0 Å². The van der Waals surface area contributed by atoms with E-state index in [1.165, 1.54) is 11.1 Å². The van der Waals surface area contributed by atoms with Crippen LogP contribution < -0.4 is 10.6 Å². The number of para-hydroxylation sites is 4. The highest BCUT2D eigenvalue weighted by Gasteiger charge is 2.23. The quantitative estimate of drug-likeness (QED) is 0.347. The van der Waals surface area contributed by atoms with Gasteiger partial charge in [-0.1, -0.05) is 84.9 Å². The first-order valence-electron chi connectivity index (χ1n) is 9.43. The first-order chi connectivity index (χ1) is 13.8. The summed E-state index contributed by atoms with van der Waals surface area (Å²) in [4.78, 5) is 2.34. The maximum atomic E-state index is 6.37. The molecule has 134 valence electrons. The van der Waals surface area contributed by atoms with E-state index in [4.69, 9.17) is 5.73 Å². The van der Waals surface area contributed by atoms with Crippen LogP contribution in [0.4, 0.5) is 22.7 Å². The Morgan fingerprint density at radius 1 is 0.536 bits per heavy atom. The molecule has 28 heavy (non-hydrogen) atoms. The topological polar surface area (TPSA) is 29.3 Å². The van der Waals surface area contributed by atoms with Gasteiger partial charge in [0.1, 0.15) is 0 Å². The SMILES string of the molecule is Nc1ccccc1-c1cccc2c1N(c1ccccc1)c1ccccc1C=C2. The van der Waals surface area contributed by atoms with E-state index >= 15 is 0 Å². The highest BCUT2D eigenvalue weighted by molar-refractivity contribution is 6.00. The Kier molecular flexibility index (Phi) is 3.95. The molecule has 1 heterocycles. The van der Waals surface area contributed by atoms with Crippen LogP contribution in [0.1, 0.15) is 11.1 Å². The average Bonchev–Trinajstić information content (AvgIpc) is 2.92. The van der Waals surface area contributed by atoms with Crippen LogP contribution in [0.2, 0.25) is 0 Å². The molecule has 2 nitrogen and oxygen atoms in total. The van der Waals surface area contributed by atoms with E-state index in [1.54, 1.807) is 0 Å². The summed E-state index contributed by atoms with van der Waals surface area (Å²) in [5.74, 6) is 0. The number of rotatable bonds is 2. The van der Waals surface area contributed by atoms with Crippen molar-refractivity contribution >= 4 is 34.9 Å². The second-order valence-electron chi connectivity index (χ2n) is 6.89. The number of hydrogen-bond acceptors (Lipinski definition) is 2. The fraction of sp³-hybridized carbons (Fsp3) is 0. The largest absolute Gasteiger partial charge is 0.398 e. The van der Waals surface area contributed by atoms with Crippen molar-refractivity contribution in [1.82, 2.24) is 0 Å². The summed E-state index contributed by atoms with van der Waals surface area (Å²) in [5, 5.41) is 0. The third kappa shape index (κ3) is 2.67. The molecular formula is C26H20N2. The van der Waals surface area contributed by atoms with Crippen LogP contribution in [0, 0.1) is 0 Å². The van der Waals surface area contributed by atoms with Gasteiger partial charge in [0.05, 0.1) is 11.4 Å². The molecular weight excluding hydrogens is 340 g/mol. The minimum absolute atomic E-state index is 0.783. The van der Waals surface area contributed by atoms with Gasteiger partial charge in [0, 0.05) is 22.5 Å². The van der Waals surface area contributed by atoms with Crippen molar-refractivity contribution in [3.63, 3.8) is 0 Å². The Bertz CT molecular complexity index is 1180. The van der Waals surface area contributed by atoms with Gasteiger partial charge in [0.2, 0.25) is 0 Å². The zero-order chi connectivity index (χ0) is 18.9. The van der Waals surface area contributed by atoms with Crippen molar-refractivity contribution in [2.75, 3.05) is 10.6 Å². The molecule has 4 aromatic rings. The van der Waals surface area contributed by atoms with E-state index < -0.39 is 0 Å². The van der Waals surface area contributed by atoms with E-state index in [0.717, 1.165) is 33.9 Å². The zero-order valence-corrected chi connectivity index (χ0v) is 15.4. The minimum Gasteiger partial charge on any atom is -0.398 e. The van der Waals surface area contributed by atoms with E-state index in [9.17, 15) is 0 Å². The number of nitrogens with zero attached hydrogens (tertiary/aromatic N) is 1. The van der Waals surface area contributed by atoms with Crippen molar-refractivity contribution in [3.05, 3.63) is 108 Å². The highest BCUT2D eigenvalue weighted by atomic mass is 15.1. The van der Waals surface area contributed by atoms with Gasteiger partial charge in [0.15, 0.2) is 0 Å². The molecule has 0 aliphatic carbocycles. The van der Waals surface area contributed by atoms with E-state index in [1.807, 2.05) is 24.3 Å². The number of fused-ring (bicyclic) bond motifs is 2. The smallest absolute Gasteiger partial charge is 0.0613 e. The number of nitrogens with two attached hydrogens (primary N) is 1. The predicted molar refractivity (Wildman–Crippen MR) is 120 cm³/mol. The lowest BCUT2D eigenvalue weighted by Crippen LogP contribution is -2.13. The fourth-order valence-corrected chi connectivity index (χ4v) is 3.88. The van der Waals surface area contributed by atoms with Crippen LogP contribution in [0.25, 0.3) is 23.3 Å². The summed E-state index contributed by atoms with van der Waals surface area (Å²) in [6.07, 6.45) is 4.38. The van der Waals surface area contributed by atoms with Gasteiger partial charge >= 0.3 is 0 Å². The molecule has 2 heteroatoms. The maximum absolute atomic E-state index is 6.37. The molecule has 0 fully saturated rings. The van der Waals surface area contributed by atoms with Gasteiger partial charge in [-0.2, -0.15) is 0 Å². The van der Waals surface area contributed by atoms with E-state index in [2.05, 4.69) is 89.8 Å². The van der Waals surface area contributed by atoms with Gasteiger partial charge in [-0.05, 0) is 35.4 Å². The first-order valence-corrected chi connectivity index (χ1v) is 9.43. The summed E-state index contributed by atoms with van der Waals surface area (Å²) in [6.45, 7) is 0. The molecule has 1 aliphatic heterocycles. The fourth-order valence-electron chi connectivity index (χ4n) is 3.88. The van der Waals surface area contributed by atoms with Crippen molar-refractivity contribution in [1.29, 1.82) is 0 Å². The Labute approximate surface area is 165 Å². The number of nitrogen functional groups attached to an aromatic ring is 1. The van der Waals surface area contributed by atoms with Gasteiger partial charge in [-0.15, -0.1) is 0 Å². The lowest BCUT2D eigenvalue weighted by atomic mass is 9.97. The third-order valence-electron chi connectivity index (χ3n) is 5.18. The minimum atomic E-state index is 0.783. The zero-order valence-electron chi connectivity index (χ0n) is 15.4. The van der Waals surface area contributed by atoms with Gasteiger partial charge in [-0.3, -0.25) is 0 Å². The second kappa shape index (κ2) is 6.75. The van der Waals surface area contributed by atoms with Crippen molar-refractivity contribution < 1.29 is 0 Å². The van der Waals surface area contributed by atoms with Crippen molar-refractivity contribution in [2.45, 2.75) is 0 Å². The summed E-state index contributed by atoms with van der Waals surface area (Å²) in [7, 11) is 0. The monoisotopic (exact) mass is 360 g/mol. The summed E-state index contributed by atoms with van der Waals surface area (Å²) < 4.78 is 0. The molecule has 0 bridgehead atoms. The molecule has 0 aromatic heterocycles. The summed E-state index contributed by atoms with van der Waals surface area (Å²) in [5.41, 5.74) is 15.1. The Hall–Kier alpha value is -3.78. The van der Waals surface area contributed by atoms with Crippen LogP contribution in [0.15, 0.2) is 97.1 Å². The van der Waals surface area contributed by atoms with Crippen LogP contribution in [-0.2, 0) is 0 Å². The van der Waals surface area contributed by atoms with E-state index in [-0.39, 0.29) is 0 Å². The van der Waals surface area contributed by atoms with E-state index in [0.29, 0.717) is 0 Å². The van der Waals surface area contributed by atoms with Crippen molar-refractivity contribution in [3.8, 4) is 11.1 Å². The van der Waals surface area contributed by atoms with Gasteiger partial charge < -0.3 is 10.6 Å². The first kappa shape index (κ1) is 16.4. The molecule has 0 amide bonds. The normalized spacial score (nSPS) is 12.2. The van der Waals surface area contributed by atoms with Gasteiger partial charge in [-0.25, -0.2) is 0 Å². The standard InChI is InChI=1S/C26H20N2/c27-24-15-6-5-13-22(24)23-14-8-10-20-18-17-19-9-4-7-16-25(19)28(26(20)23)21-11-2-1-3-12-21/h1-18H,27H2. The average molecular weight is 360 g/mol. The molecule has 0 atom stereocenters. The predicted octanol–water partition coefficient (Wildman–Crippen LogP) is 6.89. The van der Waals surface area contributed by atoms with Crippen LogP contribution in [0.3, 0.4) is 0 Å². The Morgan fingerprint density at radius 3 is 2.04 bits per heavy atom. The molecule has 4 aromatic carbocycles. The van der Waals surface area contributed by atoms with Crippen LogP contribution in [-0.4, -0.2) is 0 Å². The molecule has 0 saturated heterocycles. The molecule has 0 spiro atoms. The maximum Gasteiger partial charge on any atom is 0.0613 e. The number of benzene rings is 4. The lowest BCUT2D eigenvalue weighted by molar-refractivity contribution is 1.28. The third-order valence-corrected chi connectivity index (χ3v) is 5.18. The summed E-state index contributed by atoms with van der Waals surface area (Å²) >= 11 is 0. The number of hydrogen-bond donors (Lipinski definition) is 1. The second-order valence-corrected chi connectivity index (χ2v) is 6.89. The van der Waals surface area contributed by atoms with Gasteiger partial charge in [0.25, 0.3) is 0 Å². The molecule has 1 aliphatic rings. The molecule has 2 N–H and O–H groups in total. The van der Waals surface area contributed by atoms with Crippen molar-refractivity contribution in [2.24, 2.45) is 0 Å². The highest BCUT2D eigenvalue weighted by Crippen LogP contribution is 2.47. The molecule has 0 saturated carbocycles. The molecule has 0 unspecified atom stereocenters. The summed E-state index contributed by atoms with van der Waals surface area (Å²) in [6, 6.07) is 33.5. The molecule has 0 radical (unpaired) electrons. The molecule has 5 rings (SSSR count).